The number of hydrogen-bond acceptors (Lipinski definition) is 6. The van der Waals surface area contributed by atoms with Crippen molar-refractivity contribution in [3.05, 3.63) is 23.8 Å². The SMILES string of the molecule is COc1ccc(CCO[C@@H]2CCCC[C@H]2N2CCC([C@H](C(=O)O)N(C)C)C2)cc1OC. The van der Waals surface area contributed by atoms with E-state index in [1.807, 2.05) is 31.1 Å². The van der Waals surface area contributed by atoms with Crippen LogP contribution in [0.3, 0.4) is 0 Å². The first-order chi connectivity index (χ1) is 14.9. The van der Waals surface area contributed by atoms with E-state index in [4.69, 9.17) is 14.2 Å². The number of hydrogen-bond donors (Lipinski definition) is 1. The molecule has 7 heteroatoms. The fourth-order valence-corrected chi connectivity index (χ4v) is 5.27. The van der Waals surface area contributed by atoms with Crippen LogP contribution in [0.4, 0.5) is 0 Å². The molecule has 1 aromatic carbocycles. The van der Waals surface area contributed by atoms with Crippen LogP contribution in [0.25, 0.3) is 0 Å². The van der Waals surface area contributed by atoms with Crippen molar-refractivity contribution in [2.75, 3.05) is 48.0 Å². The second kappa shape index (κ2) is 11.2. The van der Waals surface area contributed by atoms with E-state index < -0.39 is 12.0 Å². The molecule has 1 N–H and O–H groups in total. The number of benzene rings is 1. The van der Waals surface area contributed by atoms with Gasteiger partial charge in [0.1, 0.15) is 6.04 Å². The van der Waals surface area contributed by atoms with Crippen molar-refractivity contribution in [3.63, 3.8) is 0 Å². The van der Waals surface area contributed by atoms with E-state index >= 15 is 0 Å². The molecule has 1 unspecified atom stereocenters. The van der Waals surface area contributed by atoms with Crippen molar-refractivity contribution in [2.24, 2.45) is 5.92 Å². The van der Waals surface area contributed by atoms with Gasteiger partial charge in [0.15, 0.2) is 11.5 Å². The van der Waals surface area contributed by atoms with Crippen molar-refractivity contribution >= 4 is 5.97 Å². The lowest BCUT2D eigenvalue weighted by Gasteiger charge is -2.38. The molecule has 1 saturated heterocycles. The molecule has 1 aliphatic heterocycles. The van der Waals surface area contributed by atoms with E-state index in [0.717, 1.165) is 50.3 Å². The first kappa shape index (κ1) is 23.8. The number of rotatable bonds is 10. The Hall–Kier alpha value is -1.83. The molecule has 2 aliphatic rings. The lowest BCUT2D eigenvalue weighted by Crippen LogP contribution is -2.48. The lowest BCUT2D eigenvalue weighted by molar-refractivity contribution is -0.144. The van der Waals surface area contributed by atoms with E-state index in [-0.39, 0.29) is 12.0 Å². The van der Waals surface area contributed by atoms with E-state index in [1.54, 1.807) is 14.2 Å². The highest BCUT2D eigenvalue weighted by Gasteiger charge is 2.40. The van der Waals surface area contributed by atoms with Crippen molar-refractivity contribution in [1.82, 2.24) is 9.80 Å². The number of carboxylic acids is 1. The summed E-state index contributed by atoms with van der Waals surface area (Å²) in [5.41, 5.74) is 1.17. The molecule has 1 aliphatic carbocycles. The fourth-order valence-electron chi connectivity index (χ4n) is 5.27. The number of methoxy groups -OCH3 is 2. The fraction of sp³-hybridized carbons (Fsp3) is 0.708. The van der Waals surface area contributed by atoms with Gasteiger partial charge in [-0.1, -0.05) is 18.9 Å². The van der Waals surface area contributed by atoms with Crippen molar-refractivity contribution in [1.29, 1.82) is 0 Å². The predicted octanol–water partition coefficient (Wildman–Crippen LogP) is 2.91. The first-order valence-electron chi connectivity index (χ1n) is 11.4. The highest BCUT2D eigenvalue weighted by Crippen LogP contribution is 2.32. The summed E-state index contributed by atoms with van der Waals surface area (Å²) in [6.45, 7) is 2.47. The molecule has 31 heavy (non-hydrogen) atoms. The van der Waals surface area contributed by atoms with Gasteiger partial charge in [-0.2, -0.15) is 0 Å². The van der Waals surface area contributed by atoms with E-state index in [0.29, 0.717) is 12.6 Å². The van der Waals surface area contributed by atoms with Crippen LogP contribution in [0, 0.1) is 5.92 Å². The monoisotopic (exact) mass is 434 g/mol. The summed E-state index contributed by atoms with van der Waals surface area (Å²) >= 11 is 0. The van der Waals surface area contributed by atoms with Gasteiger partial charge < -0.3 is 19.3 Å². The van der Waals surface area contributed by atoms with E-state index in [9.17, 15) is 9.90 Å². The van der Waals surface area contributed by atoms with Crippen molar-refractivity contribution in [3.8, 4) is 11.5 Å². The average Bonchev–Trinajstić information content (AvgIpc) is 3.22. The number of aliphatic carboxylic acids is 1. The Kier molecular flexibility index (Phi) is 8.58. The number of ether oxygens (including phenoxy) is 3. The number of likely N-dealkylation sites (tertiary alicyclic amines) is 1. The molecular weight excluding hydrogens is 396 g/mol. The molecule has 0 aromatic heterocycles. The van der Waals surface area contributed by atoms with Crippen LogP contribution in [0.1, 0.15) is 37.7 Å². The van der Waals surface area contributed by atoms with Gasteiger partial charge in [-0.05, 0) is 69.9 Å². The van der Waals surface area contributed by atoms with Crippen LogP contribution >= 0.6 is 0 Å². The third-order valence-electron chi connectivity index (χ3n) is 6.82. The zero-order valence-electron chi connectivity index (χ0n) is 19.4. The van der Waals surface area contributed by atoms with E-state index in [2.05, 4.69) is 11.0 Å². The second-order valence-corrected chi connectivity index (χ2v) is 8.99. The summed E-state index contributed by atoms with van der Waals surface area (Å²) in [6.07, 6.45) is 6.61. The Morgan fingerprint density at radius 3 is 2.58 bits per heavy atom. The van der Waals surface area contributed by atoms with Gasteiger partial charge in [0.25, 0.3) is 0 Å². The molecule has 7 nitrogen and oxygen atoms in total. The van der Waals surface area contributed by atoms with Crippen LogP contribution in [0.2, 0.25) is 0 Å². The maximum atomic E-state index is 11.7. The quantitative estimate of drug-likeness (QED) is 0.607. The summed E-state index contributed by atoms with van der Waals surface area (Å²) in [5.74, 6) is 0.929. The Labute approximate surface area is 186 Å². The zero-order valence-corrected chi connectivity index (χ0v) is 19.4. The van der Waals surface area contributed by atoms with Gasteiger partial charge in [0.2, 0.25) is 0 Å². The molecule has 1 heterocycles. The smallest absolute Gasteiger partial charge is 0.321 e. The maximum absolute atomic E-state index is 11.7. The summed E-state index contributed by atoms with van der Waals surface area (Å²) in [4.78, 5) is 16.1. The molecule has 2 fully saturated rings. The molecule has 174 valence electrons. The number of nitrogens with zero attached hydrogens (tertiary/aromatic N) is 2. The maximum Gasteiger partial charge on any atom is 0.321 e. The van der Waals surface area contributed by atoms with Gasteiger partial charge in [0.05, 0.1) is 26.9 Å². The Balaban J connectivity index is 1.56. The van der Waals surface area contributed by atoms with Gasteiger partial charge in [-0.25, -0.2) is 0 Å². The van der Waals surface area contributed by atoms with Gasteiger partial charge in [-0.15, -0.1) is 0 Å². The van der Waals surface area contributed by atoms with Crippen LogP contribution in [-0.4, -0.2) is 87.1 Å². The minimum Gasteiger partial charge on any atom is -0.493 e. The molecule has 0 radical (unpaired) electrons. The van der Waals surface area contributed by atoms with Crippen LogP contribution in [0.15, 0.2) is 18.2 Å². The Morgan fingerprint density at radius 2 is 1.90 bits per heavy atom. The Bertz CT molecular complexity index is 726. The molecule has 4 atom stereocenters. The number of carbonyl (C=O) groups is 1. The topological polar surface area (TPSA) is 71.5 Å². The minimum absolute atomic E-state index is 0.168. The van der Waals surface area contributed by atoms with Crippen molar-refractivity contribution < 1.29 is 24.1 Å². The predicted molar refractivity (Wildman–Crippen MR) is 120 cm³/mol. The standard InChI is InChI=1S/C24H38N2O5/c1-25(2)23(24(27)28)18-11-13-26(16-18)19-7-5-6-8-20(19)31-14-12-17-9-10-21(29-3)22(15-17)30-4/h9-10,15,18-20,23H,5-8,11-14,16H2,1-4H3,(H,27,28)/t18?,19-,20-,23-/m1/s1. The Morgan fingerprint density at radius 1 is 1.16 bits per heavy atom. The van der Waals surface area contributed by atoms with Crippen LogP contribution in [0.5, 0.6) is 11.5 Å². The summed E-state index contributed by atoms with van der Waals surface area (Å²) in [7, 11) is 7.02. The molecule has 0 spiro atoms. The average molecular weight is 435 g/mol. The summed E-state index contributed by atoms with van der Waals surface area (Å²) < 4.78 is 17.1. The highest BCUT2D eigenvalue weighted by atomic mass is 16.5. The molecule has 3 rings (SSSR count). The number of likely N-dealkylation sites (N-methyl/N-ethyl adjacent to an activating group) is 1. The molecule has 1 aromatic rings. The van der Waals surface area contributed by atoms with Crippen molar-refractivity contribution in [2.45, 2.75) is 56.7 Å². The summed E-state index contributed by atoms with van der Waals surface area (Å²) in [6, 6.07) is 5.98. The normalized spacial score (nSPS) is 25.5. The molecule has 0 amide bonds. The third-order valence-corrected chi connectivity index (χ3v) is 6.82. The van der Waals surface area contributed by atoms with E-state index in [1.165, 1.54) is 18.4 Å². The van der Waals surface area contributed by atoms with Crippen LogP contribution < -0.4 is 9.47 Å². The molecular formula is C24H38N2O5. The molecule has 0 bridgehead atoms. The highest BCUT2D eigenvalue weighted by molar-refractivity contribution is 5.74. The lowest BCUT2D eigenvalue weighted by atomic mass is 9.91. The summed E-state index contributed by atoms with van der Waals surface area (Å²) in [5, 5.41) is 9.65. The van der Waals surface area contributed by atoms with Crippen LogP contribution in [-0.2, 0) is 16.0 Å². The number of carboxylic acid groups (broad SMARTS) is 1. The van der Waals surface area contributed by atoms with Gasteiger partial charge in [-0.3, -0.25) is 14.6 Å². The third kappa shape index (κ3) is 5.90. The van der Waals surface area contributed by atoms with Gasteiger partial charge >= 0.3 is 5.97 Å². The minimum atomic E-state index is -0.719. The largest absolute Gasteiger partial charge is 0.493 e. The molecule has 1 saturated carbocycles. The van der Waals surface area contributed by atoms with Gasteiger partial charge in [0, 0.05) is 12.6 Å². The second-order valence-electron chi connectivity index (χ2n) is 8.99. The zero-order chi connectivity index (χ0) is 22.4. The first-order valence-corrected chi connectivity index (χ1v) is 11.4.